The zero-order chi connectivity index (χ0) is 28.6. The molecule has 210 valence electrons. The van der Waals surface area contributed by atoms with Crippen LogP contribution in [0.15, 0.2) is 42.6 Å². The summed E-state index contributed by atoms with van der Waals surface area (Å²) in [5.74, 6) is 0.693. The molecule has 9 heteroatoms. The van der Waals surface area contributed by atoms with Crippen molar-refractivity contribution in [3.63, 3.8) is 0 Å². The summed E-state index contributed by atoms with van der Waals surface area (Å²) in [6.07, 6.45) is 2.18. The first-order valence-corrected chi connectivity index (χ1v) is 14.8. The van der Waals surface area contributed by atoms with Crippen molar-refractivity contribution in [3.8, 4) is 21.8 Å². The van der Waals surface area contributed by atoms with E-state index in [-0.39, 0.29) is 5.78 Å². The van der Waals surface area contributed by atoms with Gasteiger partial charge in [-0.1, -0.05) is 23.7 Å². The van der Waals surface area contributed by atoms with Crippen LogP contribution in [0.5, 0.6) is 0 Å². The van der Waals surface area contributed by atoms with Crippen molar-refractivity contribution in [2.24, 2.45) is 0 Å². The summed E-state index contributed by atoms with van der Waals surface area (Å²) >= 11 is 7.84. The van der Waals surface area contributed by atoms with Gasteiger partial charge in [0.25, 0.3) is 0 Å². The van der Waals surface area contributed by atoms with E-state index in [9.17, 15) is 4.79 Å². The molecule has 0 unspecified atom stereocenters. The highest BCUT2D eigenvalue weighted by molar-refractivity contribution is 7.22. The number of Topliss-reactive ketones (excluding diaryl/α,β-unsaturated/α-hetero) is 1. The number of halogens is 1. The third-order valence-electron chi connectivity index (χ3n) is 7.03. The van der Waals surface area contributed by atoms with Gasteiger partial charge in [0.1, 0.15) is 16.8 Å². The molecule has 7 nitrogen and oxygen atoms in total. The lowest BCUT2D eigenvalue weighted by atomic mass is 9.90. The lowest BCUT2D eigenvalue weighted by Gasteiger charge is -2.29. The number of ether oxygens (including phenoxy) is 1. The number of benzene rings is 2. The van der Waals surface area contributed by atoms with Gasteiger partial charge in [-0.15, -0.1) is 11.3 Å². The van der Waals surface area contributed by atoms with E-state index >= 15 is 0 Å². The molecular weight excluding hydrogens is 542 g/mol. The Hall–Kier alpha value is -2.91. The zero-order valence-electron chi connectivity index (χ0n) is 24.0. The maximum atomic E-state index is 13.0. The second-order valence-corrected chi connectivity index (χ2v) is 12.9. The van der Waals surface area contributed by atoms with Crippen LogP contribution >= 0.6 is 22.9 Å². The predicted octanol–water partition coefficient (Wildman–Crippen LogP) is 6.97. The highest BCUT2D eigenvalue weighted by atomic mass is 35.5. The van der Waals surface area contributed by atoms with Gasteiger partial charge in [-0.05, 0) is 90.0 Å². The molecule has 2 aromatic carbocycles. The van der Waals surface area contributed by atoms with Gasteiger partial charge >= 0.3 is 0 Å². The molecule has 2 aromatic heterocycles. The highest BCUT2D eigenvalue weighted by Gasteiger charge is 2.30. The molecule has 1 fully saturated rings. The van der Waals surface area contributed by atoms with Crippen LogP contribution in [0.2, 0.25) is 5.02 Å². The van der Waals surface area contributed by atoms with Gasteiger partial charge in [0.2, 0.25) is 5.95 Å². The number of hydrogen-bond acceptors (Lipinski definition) is 8. The predicted molar refractivity (Wildman–Crippen MR) is 164 cm³/mol. The monoisotopic (exact) mass is 577 g/mol. The molecule has 1 aliphatic rings. The third-order valence-corrected chi connectivity index (χ3v) is 8.39. The molecule has 40 heavy (non-hydrogen) atoms. The van der Waals surface area contributed by atoms with Crippen LogP contribution in [0, 0.1) is 6.92 Å². The number of anilines is 1. The van der Waals surface area contributed by atoms with Crippen molar-refractivity contribution >= 4 is 44.9 Å². The van der Waals surface area contributed by atoms with Crippen LogP contribution in [0.1, 0.15) is 51.3 Å². The first-order chi connectivity index (χ1) is 19.0. The van der Waals surface area contributed by atoms with Gasteiger partial charge in [-0.25, -0.2) is 15.0 Å². The SMILES string of the molecule is CC(=O)[C@@H](OC(C)(C)C)c1c(C)cc2nc(-c3ccnc(N4CCCN(C)CC4)n3)sc2c1-c1ccc(Cl)cc1. The molecule has 0 bridgehead atoms. The Morgan fingerprint density at radius 3 is 2.52 bits per heavy atom. The Morgan fingerprint density at radius 2 is 1.82 bits per heavy atom. The Morgan fingerprint density at radius 1 is 1.07 bits per heavy atom. The molecule has 0 radical (unpaired) electrons. The first-order valence-electron chi connectivity index (χ1n) is 13.7. The molecule has 5 rings (SSSR count). The van der Waals surface area contributed by atoms with E-state index < -0.39 is 11.7 Å². The van der Waals surface area contributed by atoms with Crippen molar-refractivity contribution in [1.82, 2.24) is 19.9 Å². The molecule has 0 spiro atoms. The van der Waals surface area contributed by atoms with Crippen LogP contribution < -0.4 is 4.90 Å². The van der Waals surface area contributed by atoms with Crippen LogP contribution in [-0.2, 0) is 9.53 Å². The van der Waals surface area contributed by atoms with Gasteiger partial charge in [0, 0.05) is 42.0 Å². The Labute approximate surface area is 245 Å². The summed E-state index contributed by atoms with van der Waals surface area (Å²) in [4.78, 5) is 32.2. The van der Waals surface area contributed by atoms with Crippen molar-refractivity contribution in [2.75, 3.05) is 38.1 Å². The number of nitrogens with zero attached hydrogens (tertiary/aromatic N) is 5. The van der Waals surface area contributed by atoms with Gasteiger partial charge in [-0.3, -0.25) is 4.79 Å². The lowest BCUT2D eigenvalue weighted by molar-refractivity contribution is -0.138. The molecule has 0 aliphatic carbocycles. The maximum absolute atomic E-state index is 13.0. The third kappa shape index (κ3) is 6.20. The fourth-order valence-corrected chi connectivity index (χ4v) is 6.35. The standard InChI is InChI=1S/C31H36ClN5O2S/c1-19-18-24-28(26(21-8-10-22(32)11-9-21)25(19)27(20(2)38)39-31(3,4)5)40-29(34-24)23-12-13-33-30(35-23)37-15-7-14-36(6)16-17-37/h8-13,18,27H,7,14-17H2,1-6H3/t27-/m1/s1. The van der Waals surface area contributed by atoms with Crippen LogP contribution in [0.4, 0.5) is 5.95 Å². The average molecular weight is 578 g/mol. The van der Waals surface area contributed by atoms with Crippen molar-refractivity contribution in [2.45, 2.75) is 52.7 Å². The topological polar surface area (TPSA) is 71.5 Å². The zero-order valence-corrected chi connectivity index (χ0v) is 25.6. The molecule has 1 aliphatic heterocycles. The first kappa shape index (κ1) is 28.6. The van der Waals surface area contributed by atoms with Crippen LogP contribution in [0.25, 0.3) is 32.0 Å². The minimum absolute atomic E-state index is 0.0409. The summed E-state index contributed by atoms with van der Waals surface area (Å²) in [6.45, 7) is 13.4. The summed E-state index contributed by atoms with van der Waals surface area (Å²) in [5.41, 5.74) is 4.88. The number of carbonyl (C=O) groups excluding carboxylic acids is 1. The molecular formula is C31H36ClN5O2S. The summed E-state index contributed by atoms with van der Waals surface area (Å²) in [6, 6.07) is 11.7. The molecule has 1 saturated heterocycles. The van der Waals surface area contributed by atoms with Crippen molar-refractivity contribution in [1.29, 1.82) is 0 Å². The van der Waals surface area contributed by atoms with E-state index in [1.165, 1.54) is 0 Å². The summed E-state index contributed by atoms with van der Waals surface area (Å²) in [7, 11) is 2.15. The highest BCUT2D eigenvalue weighted by Crippen LogP contribution is 2.44. The minimum atomic E-state index is -0.715. The second kappa shape index (κ2) is 11.5. The number of likely N-dealkylation sites (N-methyl/N-ethyl adjacent to an activating group) is 1. The van der Waals surface area contributed by atoms with E-state index in [0.717, 1.165) is 81.7 Å². The number of fused-ring (bicyclic) bond motifs is 1. The van der Waals surface area contributed by atoms with Crippen LogP contribution in [0.3, 0.4) is 0 Å². The van der Waals surface area contributed by atoms with Crippen molar-refractivity contribution in [3.05, 3.63) is 58.7 Å². The largest absolute Gasteiger partial charge is 0.360 e. The number of ketones is 1. The Bertz CT molecular complexity index is 1530. The minimum Gasteiger partial charge on any atom is -0.360 e. The van der Waals surface area contributed by atoms with E-state index in [1.807, 2.05) is 64.2 Å². The number of thiazole rings is 1. The smallest absolute Gasteiger partial charge is 0.225 e. The Kier molecular flexibility index (Phi) is 8.25. The number of rotatable bonds is 6. The quantitative estimate of drug-likeness (QED) is 0.245. The maximum Gasteiger partial charge on any atom is 0.225 e. The van der Waals surface area contributed by atoms with Crippen LogP contribution in [-0.4, -0.2) is 64.5 Å². The number of hydrogen-bond donors (Lipinski definition) is 0. The molecule has 0 amide bonds. The second-order valence-electron chi connectivity index (χ2n) is 11.5. The van der Waals surface area contributed by atoms with Gasteiger partial charge in [0.05, 0.1) is 15.8 Å². The van der Waals surface area contributed by atoms with Gasteiger partial charge in [0.15, 0.2) is 5.78 Å². The fraction of sp³-hybridized carbons (Fsp3) is 0.419. The molecule has 0 saturated carbocycles. The molecule has 4 aromatic rings. The molecule has 3 heterocycles. The van der Waals surface area contributed by atoms with Gasteiger partial charge < -0.3 is 14.5 Å². The van der Waals surface area contributed by atoms with E-state index in [4.69, 9.17) is 26.3 Å². The Balaban J connectivity index is 1.66. The summed E-state index contributed by atoms with van der Waals surface area (Å²) in [5, 5.41) is 1.47. The normalized spacial score (nSPS) is 15.8. The molecule has 1 atom stereocenters. The fourth-order valence-electron chi connectivity index (χ4n) is 5.13. The number of aromatic nitrogens is 3. The van der Waals surface area contributed by atoms with E-state index in [0.29, 0.717) is 5.02 Å². The number of aryl methyl sites for hydroxylation is 1. The van der Waals surface area contributed by atoms with E-state index in [2.05, 4.69) is 27.9 Å². The lowest BCUT2D eigenvalue weighted by Crippen LogP contribution is -2.30. The summed E-state index contributed by atoms with van der Waals surface area (Å²) < 4.78 is 7.36. The number of carbonyl (C=O) groups is 1. The van der Waals surface area contributed by atoms with Crippen molar-refractivity contribution < 1.29 is 9.53 Å². The molecule has 0 N–H and O–H groups in total. The van der Waals surface area contributed by atoms with Gasteiger partial charge in [-0.2, -0.15) is 0 Å². The van der Waals surface area contributed by atoms with E-state index in [1.54, 1.807) is 18.3 Å². The average Bonchev–Trinajstić information content (AvgIpc) is 3.19.